The molecule has 1 aromatic carbocycles. The zero-order valence-corrected chi connectivity index (χ0v) is 19.4. The minimum atomic E-state index is -0.0135. The number of ether oxygens (including phenoxy) is 1. The van der Waals surface area contributed by atoms with Crippen molar-refractivity contribution in [2.45, 2.75) is 35.8 Å². The van der Waals surface area contributed by atoms with E-state index in [0.29, 0.717) is 17.4 Å². The van der Waals surface area contributed by atoms with Crippen LogP contribution in [-0.2, 0) is 10.5 Å². The van der Waals surface area contributed by atoms with E-state index in [0.717, 1.165) is 36.7 Å². The second kappa shape index (κ2) is 11.9. The van der Waals surface area contributed by atoms with Gasteiger partial charge in [0.1, 0.15) is 0 Å². The molecule has 4 rings (SSSR count). The van der Waals surface area contributed by atoms with Crippen LogP contribution in [0.15, 0.2) is 53.7 Å². The van der Waals surface area contributed by atoms with Crippen LogP contribution in [0.4, 0.5) is 0 Å². The highest BCUT2D eigenvalue weighted by atomic mass is 35.5. The van der Waals surface area contributed by atoms with Gasteiger partial charge in [0.15, 0.2) is 0 Å². The van der Waals surface area contributed by atoms with E-state index in [1.165, 1.54) is 5.56 Å². The number of halogens is 2. The summed E-state index contributed by atoms with van der Waals surface area (Å²) in [7, 11) is 1.75. The van der Waals surface area contributed by atoms with Crippen LogP contribution in [0.1, 0.15) is 28.8 Å². The minimum Gasteiger partial charge on any atom is -0.379 e. The van der Waals surface area contributed by atoms with Crippen LogP contribution in [0.3, 0.4) is 0 Å². The van der Waals surface area contributed by atoms with Crippen LogP contribution in [-0.4, -0.2) is 43.2 Å². The van der Waals surface area contributed by atoms with Crippen molar-refractivity contribution in [3.05, 3.63) is 59.8 Å². The fraction of sp³-hybridized carbons (Fsp3) is 0.455. The second-order valence-corrected chi connectivity index (χ2v) is 8.65. The van der Waals surface area contributed by atoms with E-state index < -0.39 is 0 Å². The van der Waals surface area contributed by atoms with Gasteiger partial charge in [-0.1, -0.05) is 18.2 Å². The van der Waals surface area contributed by atoms with E-state index in [1.54, 1.807) is 25.1 Å². The van der Waals surface area contributed by atoms with Crippen LogP contribution in [0.25, 0.3) is 0 Å². The van der Waals surface area contributed by atoms with Gasteiger partial charge in [0.05, 0.1) is 17.2 Å². The number of amides is 1. The van der Waals surface area contributed by atoms with Gasteiger partial charge >= 0.3 is 0 Å². The lowest BCUT2D eigenvalue weighted by Crippen LogP contribution is -2.50. The molecule has 1 aromatic heterocycles. The molecular weight excluding hydrogens is 441 g/mol. The summed E-state index contributed by atoms with van der Waals surface area (Å²) in [6, 6.07) is 13.9. The van der Waals surface area contributed by atoms with E-state index >= 15 is 0 Å². The molecule has 2 aliphatic rings. The number of rotatable bonds is 6. The van der Waals surface area contributed by atoms with Crippen molar-refractivity contribution in [1.29, 1.82) is 0 Å². The van der Waals surface area contributed by atoms with E-state index in [1.807, 2.05) is 42.5 Å². The smallest absolute Gasteiger partial charge is 0.251 e. The average Bonchev–Trinajstić information content (AvgIpc) is 3.20. The fourth-order valence-corrected chi connectivity index (χ4v) is 5.10. The highest BCUT2D eigenvalue weighted by molar-refractivity contribution is 7.98. The molecule has 2 fully saturated rings. The number of thioether (sulfide) groups is 1. The highest BCUT2D eigenvalue weighted by Crippen LogP contribution is 2.34. The molecule has 0 unspecified atom stereocenters. The summed E-state index contributed by atoms with van der Waals surface area (Å²) < 4.78 is 5.69. The third-order valence-corrected chi connectivity index (χ3v) is 6.90. The van der Waals surface area contributed by atoms with Crippen LogP contribution < -0.4 is 10.6 Å². The Bertz CT molecular complexity index is 795. The monoisotopic (exact) mass is 469 g/mol. The molecule has 2 heterocycles. The molecule has 0 radical (unpaired) electrons. The molecule has 1 amide bonds. The molecule has 30 heavy (non-hydrogen) atoms. The molecule has 4 atom stereocenters. The number of carbonyl (C=O) groups is 1. The first-order valence-corrected chi connectivity index (χ1v) is 10.9. The van der Waals surface area contributed by atoms with Gasteiger partial charge in [-0.15, -0.1) is 36.6 Å². The van der Waals surface area contributed by atoms with Crippen LogP contribution >= 0.6 is 36.6 Å². The number of nitrogens with zero attached hydrogens (tertiary/aromatic N) is 1. The summed E-state index contributed by atoms with van der Waals surface area (Å²) in [5.74, 6) is 2.14. The maximum Gasteiger partial charge on any atom is 0.251 e. The molecule has 2 N–H and O–H groups in total. The SMILES string of the molecule is CO[C@H]1C[C@@H]2CNC[C@@H]2C[C@@H]1NC(=O)c1ccc(CSc2ccccn2)cc1.Cl.Cl. The number of pyridine rings is 1. The summed E-state index contributed by atoms with van der Waals surface area (Å²) >= 11 is 1.69. The van der Waals surface area contributed by atoms with Gasteiger partial charge in [0, 0.05) is 24.6 Å². The molecule has 1 aliphatic carbocycles. The standard InChI is InChI=1S/C22H27N3O2S.2ClH/c1-27-20-11-18-13-23-12-17(18)10-19(20)25-22(26)16-7-5-15(6-8-16)14-28-21-4-2-3-9-24-21;;/h2-9,17-20,23H,10-14H2,1H3,(H,25,26);2*1H/t17-,18+,19-,20-;;/m0../s1. The number of benzene rings is 1. The third kappa shape index (κ3) is 6.11. The van der Waals surface area contributed by atoms with Gasteiger partial charge in [-0.25, -0.2) is 4.98 Å². The zero-order valence-electron chi connectivity index (χ0n) is 17.0. The zero-order chi connectivity index (χ0) is 19.3. The van der Waals surface area contributed by atoms with Gasteiger partial charge in [0.25, 0.3) is 5.91 Å². The molecule has 164 valence electrons. The lowest BCUT2D eigenvalue weighted by molar-refractivity contribution is 0.0125. The predicted octanol–water partition coefficient (Wildman–Crippen LogP) is 3.96. The van der Waals surface area contributed by atoms with Gasteiger partial charge in [-0.05, 0) is 67.6 Å². The average molecular weight is 470 g/mol. The van der Waals surface area contributed by atoms with Crippen LogP contribution in [0.5, 0.6) is 0 Å². The van der Waals surface area contributed by atoms with Gasteiger partial charge in [-0.2, -0.15) is 0 Å². The lowest BCUT2D eigenvalue weighted by Gasteiger charge is -2.37. The summed E-state index contributed by atoms with van der Waals surface area (Å²) in [6.45, 7) is 2.12. The topological polar surface area (TPSA) is 63.2 Å². The van der Waals surface area contributed by atoms with Gasteiger partial charge < -0.3 is 15.4 Å². The molecule has 1 saturated carbocycles. The van der Waals surface area contributed by atoms with Crippen molar-refractivity contribution in [2.24, 2.45) is 11.8 Å². The lowest BCUT2D eigenvalue weighted by atomic mass is 9.77. The first kappa shape index (κ1) is 25.0. The number of hydrogen-bond donors (Lipinski definition) is 2. The molecule has 5 nitrogen and oxygen atoms in total. The van der Waals surface area contributed by atoms with Crippen LogP contribution in [0, 0.1) is 11.8 Å². The van der Waals surface area contributed by atoms with Gasteiger partial charge in [0.2, 0.25) is 0 Å². The predicted molar refractivity (Wildman–Crippen MR) is 126 cm³/mol. The number of nitrogens with one attached hydrogen (secondary N) is 2. The molecular formula is C22H29Cl2N3O2S. The normalized spacial score (nSPS) is 24.8. The van der Waals surface area contributed by atoms with Crippen molar-refractivity contribution >= 4 is 42.5 Å². The number of hydrogen-bond acceptors (Lipinski definition) is 5. The fourth-order valence-electron chi connectivity index (χ4n) is 4.29. The molecule has 2 aromatic rings. The Hall–Kier alpha value is -1.31. The first-order valence-electron chi connectivity index (χ1n) is 9.90. The highest BCUT2D eigenvalue weighted by Gasteiger charge is 2.40. The van der Waals surface area contributed by atoms with Gasteiger partial charge in [-0.3, -0.25) is 4.79 Å². The molecule has 1 aliphatic heterocycles. The van der Waals surface area contributed by atoms with E-state index in [-0.39, 0.29) is 42.9 Å². The largest absolute Gasteiger partial charge is 0.379 e. The van der Waals surface area contributed by atoms with Crippen molar-refractivity contribution in [3.8, 4) is 0 Å². The summed E-state index contributed by atoms with van der Waals surface area (Å²) in [5.41, 5.74) is 1.88. The quantitative estimate of drug-likeness (QED) is 0.626. The Labute approximate surface area is 195 Å². The maximum atomic E-state index is 12.8. The van der Waals surface area contributed by atoms with Crippen molar-refractivity contribution < 1.29 is 9.53 Å². The Morgan fingerprint density at radius 2 is 1.87 bits per heavy atom. The Balaban J connectivity index is 0.00000160. The second-order valence-electron chi connectivity index (χ2n) is 7.66. The number of fused-ring (bicyclic) bond motifs is 1. The Kier molecular flexibility index (Phi) is 9.91. The van der Waals surface area contributed by atoms with E-state index in [4.69, 9.17) is 4.74 Å². The molecule has 1 saturated heterocycles. The third-order valence-electron chi connectivity index (χ3n) is 5.88. The Morgan fingerprint density at radius 3 is 2.53 bits per heavy atom. The summed E-state index contributed by atoms with van der Waals surface area (Å²) in [4.78, 5) is 17.1. The summed E-state index contributed by atoms with van der Waals surface area (Å²) in [6.07, 6.45) is 3.90. The van der Waals surface area contributed by atoms with Crippen molar-refractivity contribution in [3.63, 3.8) is 0 Å². The first-order chi connectivity index (χ1) is 13.7. The molecule has 0 bridgehead atoms. The minimum absolute atomic E-state index is 0. The van der Waals surface area contributed by atoms with Crippen molar-refractivity contribution in [1.82, 2.24) is 15.6 Å². The number of carbonyl (C=O) groups excluding carboxylic acids is 1. The molecule has 0 spiro atoms. The van der Waals surface area contributed by atoms with Crippen LogP contribution in [0.2, 0.25) is 0 Å². The van der Waals surface area contributed by atoms with Crippen molar-refractivity contribution in [2.75, 3.05) is 20.2 Å². The van der Waals surface area contributed by atoms with E-state index in [9.17, 15) is 4.79 Å². The summed E-state index contributed by atoms with van der Waals surface area (Å²) in [5, 5.41) is 7.70. The number of aromatic nitrogens is 1. The van der Waals surface area contributed by atoms with E-state index in [2.05, 4.69) is 15.6 Å². The molecule has 8 heteroatoms. The Morgan fingerprint density at radius 1 is 1.13 bits per heavy atom. The number of methoxy groups -OCH3 is 1. The maximum absolute atomic E-state index is 12.8.